The first-order valence-electron chi connectivity index (χ1n) is 5.88. The van der Waals surface area contributed by atoms with Crippen LogP contribution < -0.4 is 14.8 Å². The number of halogens is 2. The van der Waals surface area contributed by atoms with Crippen LogP contribution in [0.1, 0.15) is 11.3 Å². The molecule has 0 saturated carbocycles. The molecule has 0 atom stereocenters. The Labute approximate surface area is 133 Å². The lowest BCUT2D eigenvalue weighted by Gasteiger charge is -2.12. The molecule has 0 unspecified atom stereocenters. The Hall–Kier alpha value is -1.17. The molecular weight excluding hydrogens is 346 g/mol. The molecule has 6 heteroatoms. The van der Waals surface area contributed by atoms with Gasteiger partial charge in [-0.3, -0.25) is 0 Å². The maximum absolute atomic E-state index is 5.31. The molecule has 0 spiro atoms. The summed E-state index contributed by atoms with van der Waals surface area (Å²) < 4.78 is 16.7. The van der Waals surface area contributed by atoms with E-state index in [1.54, 1.807) is 20.5 Å². The van der Waals surface area contributed by atoms with Gasteiger partial charge in [0.25, 0.3) is 0 Å². The molecule has 2 aromatic rings. The van der Waals surface area contributed by atoms with E-state index in [0.29, 0.717) is 18.0 Å². The predicted octanol–water partition coefficient (Wildman–Crippen LogP) is 3.77. The minimum Gasteiger partial charge on any atom is -0.493 e. The van der Waals surface area contributed by atoms with E-state index in [9.17, 15) is 0 Å². The third-order valence-electron chi connectivity index (χ3n) is 2.70. The van der Waals surface area contributed by atoms with Crippen LogP contribution in [0.4, 0.5) is 0 Å². The van der Waals surface area contributed by atoms with Gasteiger partial charge >= 0.3 is 0 Å². The van der Waals surface area contributed by atoms with Crippen molar-refractivity contribution in [3.63, 3.8) is 0 Å². The number of furan rings is 1. The first kappa shape index (κ1) is 16.9. The van der Waals surface area contributed by atoms with Crippen LogP contribution >= 0.6 is 28.3 Å². The number of nitrogens with one attached hydrogen (secondary N) is 1. The van der Waals surface area contributed by atoms with Crippen molar-refractivity contribution in [2.45, 2.75) is 13.1 Å². The maximum Gasteiger partial charge on any atom is 0.174 e. The minimum absolute atomic E-state index is 0. The predicted molar refractivity (Wildman–Crippen MR) is 83.7 cm³/mol. The van der Waals surface area contributed by atoms with Crippen LogP contribution in [0.2, 0.25) is 0 Å². The van der Waals surface area contributed by atoms with Crippen molar-refractivity contribution in [1.29, 1.82) is 0 Å². The van der Waals surface area contributed by atoms with Crippen molar-refractivity contribution >= 4 is 28.3 Å². The Morgan fingerprint density at radius 1 is 1.20 bits per heavy atom. The van der Waals surface area contributed by atoms with E-state index in [1.807, 2.05) is 24.3 Å². The van der Waals surface area contributed by atoms with E-state index in [1.165, 1.54) is 0 Å². The van der Waals surface area contributed by atoms with Crippen molar-refractivity contribution < 1.29 is 13.9 Å². The summed E-state index contributed by atoms with van der Waals surface area (Å²) in [6, 6.07) is 7.79. The summed E-state index contributed by atoms with van der Waals surface area (Å²) in [7, 11) is 3.25. The second-order valence-corrected chi connectivity index (χ2v) is 4.85. The number of benzene rings is 1. The van der Waals surface area contributed by atoms with E-state index in [4.69, 9.17) is 13.9 Å². The van der Waals surface area contributed by atoms with Crippen molar-refractivity contribution in [2.24, 2.45) is 0 Å². The number of ether oxygens (including phenoxy) is 2. The standard InChI is InChI=1S/C14H16BrNO3.ClH/c1-17-13-7-10(6-12(15)14(13)18-2)8-16-9-11-4-3-5-19-11;/h3-7,16H,8-9H2,1-2H3;1H. The molecule has 0 bridgehead atoms. The molecule has 0 radical (unpaired) electrons. The van der Waals surface area contributed by atoms with E-state index >= 15 is 0 Å². The molecule has 0 fully saturated rings. The molecule has 2 rings (SSSR count). The van der Waals surface area contributed by atoms with Gasteiger partial charge in [-0.1, -0.05) is 0 Å². The summed E-state index contributed by atoms with van der Waals surface area (Å²) in [5.74, 6) is 2.34. The molecule has 20 heavy (non-hydrogen) atoms. The Balaban J connectivity index is 0.00000200. The van der Waals surface area contributed by atoms with E-state index in [2.05, 4.69) is 21.2 Å². The molecule has 1 heterocycles. The molecule has 1 N–H and O–H groups in total. The summed E-state index contributed by atoms with van der Waals surface area (Å²) in [6.07, 6.45) is 1.67. The molecule has 0 aliphatic heterocycles. The van der Waals surface area contributed by atoms with Crippen molar-refractivity contribution in [3.8, 4) is 11.5 Å². The highest BCUT2D eigenvalue weighted by Crippen LogP contribution is 2.36. The smallest absolute Gasteiger partial charge is 0.174 e. The summed E-state index contributed by atoms with van der Waals surface area (Å²) in [6.45, 7) is 1.42. The normalized spacial score (nSPS) is 9.95. The third kappa shape index (κ3) is 4.16. The average Bonchev–Trinajstić information content (AvgIpc) is 2.91. The van der Waals surface area contributed by atoms with Crippen LogP contribution in [0.15, 0.2) is 39.4 Å². The highest BCUT2D eigenvalue weighted by molar-refractivity contribution is 9.10. The maximum atomic E-state index is 5.31. The molecule has 4 nitrogen and oxygen atoms in total. The fourth-order valence-electron chi connectivity index (χ4n) is 1.82. The van der Waals surface area contributed by atoms with E-state index in [-0.39, 0.29) is 12.4 Å². The average molecular weight is 363 g/mol. The summed E-state index contributed by atoms with van der Waals surface area (Å²) >= 11 is 3.48. The van der Waals surface area contributed by atoms with Crippen molar-refractivity contribution in [1.82, 2.24) is 5.32 Å². The molecule has 0 amide bonds. The quantitative estimate of drug-likeness (QED) is 0.849. The monoisotopic (exact) mass is 361 g/mol. The van der Waals surface area contributed by atoms with Crippen molar-refractivity contribution in [3.05, 3.63) is 46.3 Å². The molecule has 1 aromatic heterocycles. The van der Waals surface area contributed by atoms with Crippen LogP contribution in [0.3, 0.4) is 0 Å². The fourth-order valence-corrected chi connectivity index (χ4v) is 2.47. The molecule has 0 aliphatic carbocycles. The van der Waals surface area contributed by atoms with Gasteiger partial charge < -0.3 is 19.2 Å². The minimum atomic E-state index is 0. The number of hydrogen-bond donors (Lipinski definition) is 1. The van der Waals surface area contributed by atoms with Gasteiger partial charge in [0.2, 0.25) is 0 Å². The van der Waals surface area contributed by atoms with Gasteiger partial charge in [-0.2, -0.15) is 0 Å². The third-order valence-corrected chi connectivity index (χ3v) is 3.29. The fraction of sp³-hybridized carbons (Fsp3) is 0.286. The Morgan fingerprint density at radius 2 is 2.00 bits per heavy atom. The van der Waals surface area contributed by atoms with E-state index < -0.39 is 0 Å². The summed E-state index contributed by atoms with van der Waals surface area (Å²) in [5, 5.41) is 3.31. The van der Waals surface area contributed by atoms with Crippen LogP contribution in [-0.4, -0.2) is 14.2 Å². The molecule has 1 aromatic carbocycles. The number of hydrogen-bond acceptors (Lipinski definition) is 4. The number of rotatable bonds is 6. The molecular formula is C14H17BrClNO3. The van der Waals surface area contributed by atoms with Crippen LogP contribution in [-0.2, 0) is 13.1 Å². The van der Waals surface area contributed by atoms with Gasteiger partial charge in [-0.15, -0.1) is 12.4 Å². The van der Waals surface area contributed by atoms with Crippen LogP contribution in [0.25, 0.3) is 0 Å². The van der Waals surface area contributed by atoms with Gasteiger partial charge in [0.15, 0.2) is 11.5 Å². The zero-order valence-corrected chi connectivity index (χ0v) is 13.7. The largest absolute Gasteiger partial charge is 0.493 e. The van der Waals surface area contributed by atoms with Crippen molar-refractivity contribution in [2.75, 3.05) is 14.2 Å². The van der Waals surface area contributed by atoms with Gasteiger partial charge in [0.1, 0.15) is 5.76 Å². The SMILES string of the molecule is COc1cc(CNCc2ccco2)cc(Br)c1OC.Cl. The lowest BCUT2D eigenvalue weighted by molar-refractivity contribution is 0.352. The van der Waals surface area contributed by atoms with Gasteiger partial charge in [-0.25, -0.2) is 0 Å². The molecule has 110 valence electrons. The molecule has 0 aliphatic rings. The first-order chi connectivity index (χ1) is 9.24. The zero-order chi connectivity index (χ0) is 13.7. The Morgan fingerprint density at radius 3 is 2.60 bits per heavy atom. The lowest BCUT2D eigenvalue weighted by Crippen LogP contribution is -2.12. The number of methoxy groups -OCH3 is 2. The topological polar surface area (TPSA) is 43.6 Å². The first-order valence-corrected chi connectivity index (χ1v) is 6.67. The summed E-state index contributed by atoms with van der Waals surface area (Å²) in [5.41, 5.74) is 1.11. The highest BCUT2D eigenvalue weighted by atomic mass is 79.9. The van der Waals surface area contributed by atoms with E-state index in [0.717, 1.165) is 22.3 Å². The Kier molecular flexibility index (Phi) is 6.91. The van der Waals surface area contributed by atoms with Crippen LogP contribution in [0, 0.1) is 0 Å². The highest BCUT2D eigenvalue weighted by Gasteiger charge is 2.10. The lowest BCUT2D eigenvalue weighted by atomic mass is 10.2. The van der Waals surface area contributed by atoms with Gasteiger partial charge in [0, 0.05) is 6.54 Å². The van der Waals surface area contributed by atoms with Gasteiger partial charge in [0.05, 0.1) is 31.5 Å². The second kappa shape index (κ2) is 8.19. The summed E-state index contributed by atoms with van der Waals surface area (Å²) in [4.78, 5) is 0. The Bertz CT molecular complexity index is 531. The van der Waals surface area contributed by atoms with Gasteiger partial charge in [-0.05, 0) is 45.8 Å². The zero-order valence-electron chi connectivity index (χ0n) is 11.3. The van der Waals surface area contributed by atoms with Crippen LogP contribution in [0.5, 0.6) is 11.5 Å². The second-order valence-electron chi connectivity index (χ2n) is 4.00. The molecule has 0 saturated heterocycles.